The number of aryl methyl sites for hydroxylation is 2. The number of H-pyrrole nitrogens is 1. The molecular formula is C17H26NO2+. The normalized spacial score (nSPS) is 8.65. The Morgan fingerprint density at radius 1 is 1.10 bits per heavy atom. The number of aromatic hydroxyl groups is 1. The summed E-state index contributed by atoms with van der Waals surface area (Å²) in [4.78, 5) is 2.85. The molecule has 2 aromatic rings. The summed E-state index contributed by atoms with van der Waals surface area (Å²) >= 11 is 0. The van der Waals surface area contributed by atoms with Crippen LogP contribution in [0, 0.1) is 6.92 Å². The largest absolute Gasteiger partial charge is 0.503 e. The maximum absolute atomic E-state index is 8.89. The van der Waals surface area contributed by atoms with Crippen molar-refractivity contribution in [2.24, 2.45) is 0 Å². The fraction of sp³-hybridized carbons (Fsp3) is 0.353. The monoisotopic (exact) mass is 276 g/mol. The van der Waals surface area contributed by atoms with Crippen LogP contribution in [0.2, 0.25) is 0 Å². The molecule has 0 unspecified atom stereocenters. The summed E-state index contributed by atoms with van der Waals surface area (Å²) in [6, 6.07) is 11.5. The van der Waals surface area contributed by atoms with Crippen LogP contribution in [0.4, 0.5) is 0 Å². The van der Waals surface area contributed by atoms with Crippen LogP contribution in [0.15, 0.2) is 42.6 Å². The van der Waals surface area contributed by atoms with E-state index in [0.29, 0.717) is 5.75 Å². The molecule has 0 radical (unpaired) electrons. The van der Waals surface area contributed by atoms with Gasteiger partial charge in [-0.3, -0.25) is 0 Å². The molecule has 0 bridgehead atoms. The van der Waals surface area contributed by atoms with E-state index in [2.05, 4.69) is 24.0 Å². The molecule has 0 saturated heterocycles. The predicted octanol–water partition coefficient (Wildman–Crippen LogP) is 3.80. The second-order valence-corrected chi connectivity index (χ2v) is 3.88. The smallest absolute Gasteiger partial charge is 0.218 e. The highest BCUT2D eigenvalue weighted by Crippen LogP contribution is 2.10. The summed E-state index contributed by atoms with van der Waals surface area (Å²) in [5, 5.41) is 8.89. The van der Waals surface area contributed by atoms with Crippen LogP contribution in [0.25, 0.3) is 0 Å². The lowest BCUT2D eigenvalue weighted by molar-refractivity contribution is -0.388. The average molecular weight is 276 g/mol. The van der Waals surface area contributed by atoms with E-state index in [9.17, 15) is 0 Å². The Morgan fingerprint density at radius 3 is 2.05 bits per heavy atom. The van der Waals surface area contributed by atoms with E-state index in [1.54, 1.807) is 25.4 Å². The molecule has 0 aliphatic carbocycles. The molecule has 1 aromatic heterocycles. The summed E-state index contributed by atoms with van der Waals surface area (Å²) in [5.41, 5.74) is 2.15. The van der Waals surface area contributed by atoms with Gasteiger partial charge in [0.2, 0.25) is 5.69 Å². The van der Waals surface area contributed by atoms with Crippen molar-refractivity contribution in [1.82, 2.24) is 0 Å². The number of pyridine rings is 1. The van der Waals surface area contributed by atoms with Crippen molar-refractivity contribution in [1.29, 1.82) is 0 Å². The number of hydrogen-bond acceptors (Lipinski definition) is 2. The van der Waals surface area contributed by atoms with Crippen LogP contribution < -0.4 is 9.72 Å². The third-order valence-corrected chi connectivity index (χ3v) is 2.60. The van der Waals surface area contributed by atoms with Gasteiger partial charge in [-0.2, -0.15) is 0 Å². The van der Waals surface area contributed by atoms with Crippen LogP contribution in [-0.2, 0) is 6.42 Å². The average Bonchev–Trinajstić information content (AvgIpc) is 2.53. The molecule has 20 heavy (non-hydrogen) atoms. The summed E-state index contributed by atoms with van der Waals surface area (Å²) < 4.78 is 5.01. The number of aromatic amines is 1. The van der Waals surface area contributed by atoms with E-state index >= 15 is 0 Å². The lowest BCUT2D eigenvalue weighted by atomic mass is 10.2. The highest BCUT2D eigenvalue weighted by molar-refractivity contribution is 5.26. The highest BCUT2D eigenvalue weighted by atomic mass is 16.5. The Morgan fingerprint density at radius 2 is 1.70 bits per heavy atom. The van der Waals surface area contributed by atoms with E-state index in [1.807, 2.05) is 32.9 Å². The number of ether oxygens (including phenoxy) is 1. The van der Waals surface area contributed by atoms with Gasteiger partial charge in [-0.05, 0) is 30.2 Å². The molecule has 3 nitrogen and oxygen atoms in total. The summed E-state index contributed by atoms with van der Waals surface area (Å²) in [6.45, 7) is 7.96. The zero-order valence-corrected chi connectivity index (χ0v) is 13.1. The topological polar surface area (TPSA) is 43.6 Å². The molecule has 2 N–H and O–H groups in total. The minimum absolute atomic E-state index is 0.313. The van der Waals surface area contributed by atoms with Crippen LogP contribution in [0.5, 0.6) is 11.5 Å². The molecular weight excluding hydrogens is 250 g/mol. The van der Waals surface area contributed by atoms with Gasteiger partial charge in [-0.25, -0.2) is 4.98 Å². The number of rotatable bonds is 2. The molecule has 0 spiro atoms. The Kier molecular flexibility index (Phi) is 9.75. The SMILES string of the molecule is CC.CCc1ccc(OC)cc1.Cc1[nH+]cccc1O. The Bertz CT molecular complexity index is 423. The van der Waals surface area contributed by atoms with Crippen LogP contribution in [0.3, 0.4) is 0 Å². The van der Waals surface area contributed by atoms with E-state index in [-0.39, 0.29) is 0 Å². The zero-order valence-electron chi connectivity index (χ0n) is 13.1. The Balaban J connectivity index is 0.000000327. The molecule has 0 atom stereocenters. The molecule has 2 rings (SSSR count). The van der Waals surface area contributed by atoms with E-state index in [4.69, 9.17) is 9.84 Å². The molecule has 110 valence electrons. The quantitative estimate of drug-likeness (QED) is 0.906. The maximum Gasteiger partial charge on any atom is 0.218 e. The number of methoxy groups -OCH3 is 1. The lowest BCUT2D eigenvalue weighted by Gasteiger charge is -1.99. The first-order valence-corrected chi connectivity index (χ1v) is 6.96. The number of aromatic nitrogens is 1. The van der Waals surface area contributed by atoms with Crippen LogP contribution >= 0.6 is 0 Å². The van der Waals surface area contributed by atoms with Gasteiger partial charge >= 0.3 is 0 Å². The van der Waals surface area contributed by atoms with Gasteiger partial charge in [-0.15, -0.1) is 0 Å². The minimum atomic E-state index is 0.313. The van der Waals surface area contributed by atoms with Crippen molar-refractivity contribution in [2.45, 2.75) is 34.1 Å². The third-order valence-electron chi connectivity index (χ3n) is 2.60. The van der Waals surface area contributed by atoms with Crippen molar-refractivity contribution in [3.05, 3.63) is 53.9 Å². The van der Waals surface area contributed by atoms with Crippen LogP contribution in [0.1, 0.15) is 32.0 Å². The fourth-order valence-corrected chi connectivity index (χ4v) is 1.37. The van der Waals surface area contributed by atoms with Crippen molar-refractivity contribution in [3.8, 4) is 11.5 Å². The standard InChI is InChI=1S/C9H12O.C6H7NO.C2H6/c1-3-8-4-6-9(10-2)7-5-8;1-5-6(8)3-2-4-7-5;1-2/h4-7H,3H2,1-2H3;2-4,8H,1H3;1-2H3/p+1. The molecule has 0 aliphatic rings. The summed E-state index contributed by atoms with van der Waals surface area (Å²) in [5.74, 6) is 1.24. The highest BCUT2D eigenvalue weighted by Gasteiger charge is 1.96. The summed E-state index contributed by atoms with van der Waals surface area (Å²) in [6.07, 6.45) is 2.86. The number of nitrogens with one attached hydrogen (secondary N) is 1. The Labute approximate surface area is 122 Å². The summed E-state index contributed by atoms with van der Waals surface area (Å²) in [7, 11) is 1.68. The maximum atomic E-state index is 8.89. The van der Waals surface area contributed by atoms with Gasteiger partial charge in [-0.1, -0.05) is 32.9 Å². The van der Waals surface area contributed by atoms with Crippen molar-refractivity contribution >= 4 is 0 Å². The van der Waals surface area contributed by atoms with Crippen LogP contribution in [-0.4, -0.2) is 12.2 Å². The first-order chi connectivity index (χ1) is 9.67. The molecule has 1 aromatic carbocycles. The van der Waals surface area contributed by atoms with Gasteiger partial charge in [0.15, 0.2) is 11.9 Å². The fourth-order valence-electron chi connectivity index (χ4n) is 1.37. The number of benzene rings is 1. The van der Waals surface area contributed by atoms with Gasteiger partial charge in [0.1, 0.15) is 5.75 Å². The zero-order chi connectivity index (χ0) is 15.4. The predicted molar refractivity (Wildman–Crippen MR) is 83.1 cm³/mol. The molecule has 1 heterocycles. The van der Waals surface area contributed by atoms with Crippen molar-refractivity contribution in [3.63, 3.8) is 0 Å². The van der Waals surface area contributed by atoms with Gasteiger partial charge in [0, 0.05) is 13.0 Å². The minimum Gasteiger partial charge on any atom is -0.503 e. The van der Waals surface area contributed by atoms with E-state index < -0.39 is 0 Å². The Hall–Kier alpha value is -2.03. The molecule has 0 saturated carbocycles. The first-order valence-electron chi connectivity index (χ1n) is 6.96. The van der Waals surface area contributed by atoms with E-state index in [0.717, 1.165) is 17.9 Å². The molecule has 0 fully saturated rings. The molecule has 0 amide bonds. The van der Waals surface area contributed by atoms with Gasteiger partial charge < -0.3 is 9.84 Å². The second kappa shape index (κ2) is 10.9. The van der Waals surface area contributed by atoms with E-state index in [1.165, 1.54) is 5.56 Å². The lowest BCUT2D eigenvalue weighted by Crippen LogP contribution is -2.03. The molecule has 0 aliphatic heterocycles. The van der Waals surface area contributed by atoms with Crippen molar-refractivity contribution in [2.75, 3.05) is 7.11 Å². The van der Waals surface area contributed by atoms with Gasteiger partial charge in [0.05, 0.1) is 7.11 Å². The third kappa shape index (κ3) is 6.78. The van der Waals surface area contributed by atoms with Crippen molar-refractivity contribution < 1.29 is 14.8 Å². The second-order valence-electron chi connectivity index (χ2n) is 3.88. The van der Waals surface area contributed by atoms with Gasteiger partial charge in [0.25, 0.3) is 0 Å². The number of hydrogen-bond donors (Lipinski definition) is 1. The molecule has 3 heteroatoms. The first kappa shape index (κ1) is 18.0.